The fraction of sp³-hybridized carbons (Fsp3) is 0.917. The molecular formula is C12H24O. The molecule has 0 spiro atoms. The van der Waals surface area contributed by atoms with Crippen LogP contribution in [-0.4, -0.2) is 5.78 Å². The Morgan fingerprint density at radius 2 is 1.77 bits per heavy atom. The Labute approximate surface area is 82.9 Å². The van der Waals surface area contributed by atoms with Gasteiger partial charge in [0.05, 0.1) is 0 Å². The van der Waals surface area contributed by atoms with E-state index >= 15 is 0 Å². The average molecular weight is 184 g/mol. The van der Waals surface area contributed by atoms with E-state index in [0.29, 0.717) is 12.2 Å². The normalized spacial score (nSPS) is 15.4. The Morgan fingerprint density at radius 3 is 2.23 bits per heavy atom. The lowest BCUT2D eigenvalue weighted by atomic mass is 9.94. The largest absolute Gasteiger partial charge is 0.299 e. The number of carbonyl (C=O) groups excluding carboxylic acids is 1. The number of ketones is 1. The smallest absolute Gasteiger partial charge is 0.135 e. The molecule has 0 fully saturated rings. The molecule has 0 aliphatic rings. The van der Waals surface area contributed by atoms with E-state index in [2.05, 4.69) is 20.8 Å². The topological polar surface area (TPSA) is 17.1 Å². The highest BCUT2D eigenvalue weighted by Crippen LogP contribution is 2.16. The molecular weight excluding hydrogens is 160 g/mol. The fourth-order valence-electron chi connectivity index (χ4n) is 1.49. The Bertz CT molecular complexity index is 140. The van der Waals surface area contributed by atoms with Crippen LogP contribution in [0.3, 0.4) is 0 Å². The van der Waals surface area contributed by atoms with Gasteiger partial charge in [-0.3, -0.25) is 4.79 Å². The minimum atomic E-state index is 0.286. The lowest BCUT2D eigenvalue weighted by Crippen LogP contribution is -2.09. The van der Waals surface area contributed by atoms with Crippen molar-refractivity contribution in [3.8, 4) is 0 Å². The van der Waals surface area contributed by atoms with Gasteiger partial charge in [-0.05, 0) is 12.3 Å². The van der Waals surface area contributed by atoms with Crippen LogP contribution in [0.2, 0.25) is 0 Å². The first-order chi connectivity index (χ1) is 6.11. The van der Waals surface area contributed by atoms with Crippen LogP contribution in [0.4, 0.5) is 0 Å². The maximum Gasteiger partial charge on any atom is 0.135 e. The van der Waals surface area contributed by atoms with E-state index in [0.717, 1.165) is 12.3 Å². The molecule has 0 rings (SSSR count). The van der Waals surface area contributed by atoms with Crippen LogP contribution in [0.1, 0.15) is 59.8 Å². The molecule has 0 aliphatic carbocycles. The molecule has 78 valence electrons. The van der Waals surface area contributed by atoms with Crippen LogP contribution in [0.15, 0.2) is 0 Å². The van der Waals surface area contributed by atoms with Crippen molar-refractivity contribution in [3.05, 3.63) is 0 Å². The molecule has 0 aromatic rings. The Balaban J connectivity index is 3.47. The highest BCUT2D eigenvalue weighted by Gasteiger charge is 2.10. The van der Waals surface area contributed by atoms with E-state index in [1.165, 1.54) is 19.3 Å². The fourth-order valence-corrected chi connectivity index (χ4v) is 1.49. The lowest BCUT2D eigenvalue weighted by molar-refractivity contribution is -0.122. The summed E-state index contributed by atoms with van der Waals surface area (Å²) in [5, 5.41) is 0. The van der Waals surface area contributed by atoms with Gasteiger partial charge in [-0.25, -0.2) is 0 Å². The van der Waals surface area contributed by atoms with Crippen LogP contribution in [-0.2, 0) is 4.79 Å². The first kappa shape index (κ1) is 12.7. The second-order valence-electron chi connectivity index (χ2n) is 4.17. The van der Waals surface area contributed by atoms with Crippen LogP contribution < -0.4 is 0 Å². The highest BCUT2D eigenvalue weighted by molar-refractivity contribution is 5.80. The first-order valence-electron chi connectivity index (χ1n) is 5.64. The molecule has 2 atom stereocenters. The van der Waals surface area contributed by atoms with Gasteiger partial charge < -0.3 is 0 Å². The van der Waals surface area contributed by atoms with Crippen LogP contribution in [0.5, 0.6) is 0 Å². The summed E-state index contributed by atoms with van der Waals surface area (Å²) in [5.41, 5.74) is 0. The maximum absolute atomic E-state index is 11.3. The molecule has 0 aromatic carbocycles. The third-order valence-electron chi connectivity index (χ3n) is 2.93. The standard InChI is InChI=1S/C12H24O/c1-5-10(3)8-7-9-11(4)12(13)6-2/h10-11H,5-9H2,1-4H3. The molecule has 0 aliphatic heterocycles. The van der Waals surface area contributed by atoms with Crippen molar-refractivity contribution in [1.82, 2.24) is 0 Å². The van der Waals surface area contributed by atoms with E-state index in [4.69, 9.17) is 0 Å². The van der Waals surface area contributed by atoms with Crippen molar-refractivity contribution in [3.63, 3.8) is 0 Å². The van der Waals surface area contributed by atoms with E-state index < -0.39 is 0 Å². The van der Waals surface area contributed by atoms with Gasteiger partial charge in [-0.2, -0.15) is 0 Å². The monoisotopic (exact) mass is 184 g/mol. The number of carbonyl (C=O) groups is 1. The molecule has 1 nitrogen and oxygen atoms in total. The summed E-state index contributed by atoms with van der Waals surface area (Å²) in [4.78, 5) is 11.3. The summed E-state index contributed by atoms with van der Waals surface area (Å²) in [6.45, 7) is 8.52. The predicted molar refractivity (Wildman–Crippen MR) is 57.8 cm³/mol. The van der Waals surface area contributed by atoms with Gasteiger partial charge in [0.2, 0.25) is 0 Å². The van der Waals surface area contributed by atoms with Crippen LogP contribution in [0, 0.1) is 11.8 Å². The number of Topliss-reactive ketones (excluding diaryl/α,β-unsaturated/α-hetero) is 1. The van der Waals surface area contributed by atoms with Gasteiger partial charge in [-0.1, -0.05) is 47.0 Å². The molecule has 0 N–H and O–H groups in total. The molecule has 2 unspecified atom stereocenters. The second-order valence-corrected chi connectivity index (χ2v) is 4.17. The van der Waals surface area contributed by atoms with Crippen molar-refractivity contribution in [1.29, 1.82) is 0 Å². The van der Waals surface area contributed by atoms with Gasteiger partial charge >= 0.3 is 0 Å². The van der Waals surface area contributed by atoms with E-state index in [-0.39, 0.29) is 5.92 Å². The Morgan fingerprint density at radius 1 is 1.15 bits per heavy atom. The molecule has 0 heterocycles. The maximum atomic E-state index is 11.3. The molecule has 13 heavy (non-hydrogen) atoms. The number of hydrogen-bond acceptors (Lipinski definition) is 1. The lowest BCUT2D eigenvalue weighted by Gasteiger charge is -2.11. The Kier molecular flexibility index (Phi) is 6.93. The van der Waals surface area contributed by atoms with Crippen molar-refractivity contribution in [2.45, 2.75) is 59.8 Å². The molecule has 0 radical (unpaired) electrons. The summed E-state index contributed by atoms with van der Waals surface area (Å²) >= 11 is 0. The third-order valence-corrected chi connectivity index (χ3v) is 2.93. The van der Waals surface area contributed by atoms with E-state index in [9.17, 15) is 4.79 Å². The quantitative estimate of drug-likeness (QED) is 0.588. The third kappa shape index (κ3) is 5.84. The predicted octanol–water partition coefficient (Wildman–Crippen LogP) is 3.82. The zero-order valence-corrected chi connectivity index (χ0v) is 9.60. The minimum absolute atomic E-state index is 0.286. The van der Waals surface area contributed by atoms with Crippen molar-refractivity contribution < 1.29 is 4.79 Å². The Hall–Kier alpha value is -0.330. The second kappa shape index (κ2) is 7.11. The van der Waals surface area contributed by atoms with Crippen LogP contribution in [0.25, 0.3) is 0 Å². The van der Waals surface area contributed by atoms with Gasteiger partial charge in [-0.15, -0.1) is 0 Å². The summed E-state index contributed by atoms with van der Waals surface area (Å²) in [6.07, 6.45) is 5.53. The average Bonchev–Trinajstić information content (AvgIpc) is 2.15. The van der Waals surface area contributed by atoms with Crippen molar-refractivity contribution >= 4 is 5.78 Å². The van der Waals surface area contributed by atoms with Crippen LogP contribution >= 0.6 is 0 Å². The molecule has 0 saturated heterocycles. The molecule has 0 saturated carbocycles. The van der Waals surface area contributed by atoms with E-state index in [1.54, 1.807) is 0 Å². The molecule has 0 bridgehead atoms. The van der Waals surface area contributed by atoms with Gasteiger partial charge in [0, 0.05) is 12.3 Å². The summed E-state index contributed by atoms with van der Waals surface area (Å²) in [5.74, 6) is 1.53. The molecule has 0 aromatic heterocycles. The van der Waals surface area contributed by atoms with Gasteiger partial charge in [0.25, 0.3) is 0 Å². The highest BCUT2D eigenvalue weighted by atomic mass is 16.1. The summed E-state index contributed by atoms with van der Waals surface area (Å²) in [6, 6.07) is 0. The summed E-state index contributed by atoms with van der Waals surface area (Å²) in [7, 11) is 0. The number of hydrogen-bond donors (Lipinski definition) is 0. The van der Waals surface area contributed by atoms with Gasteiger partial charge in [0.1, 0.15) is 5.78 Å². The van der Waals surface area contributed by atoms with Crippen molar-refractivity contribution in [2.75, 3.05) is 0 Å². The van der Waals surface area contributed by atoms with Gasteiger partial charge in [0.15, 0.2) is 0 Å². The summed E-state index contributed by atoms with van der Waals surface area (Å²) < 4.78 is 0. The minimum Gasteiger partial charge on any atom is -0.299 e. The molecule has 1 heteroatoms. The zero-order valence-electron chi connectivity index (χ0n) is 9.60. The van der Waals surface area contributed by atoms with Crippen molar-refractivity contribution in [2.24, 2.45) is 11.8 Å². The molecule has 0 amide bonds. The number of rotatable bonds is 7. The van der Waals surface area contributed by atoms with E-state index in [1.807, 2.05) is 6.92 Å². The first-order valence-corrected chi connectivity index (χ1v) is 5.64. The zero-order chi connectivity index (χ0) is 10.3. The SMILES string of the molecule is CCC(=O)C(C)CCCC(C)CC.